The van der Waals surface area contributed by atoms with E-state index in [1.807, 2.05) is 20.8 Å². The van der Waals surface area contributed by atoms with E-state index in [9.17, 15) is 14.7 Å². The van der Waals surface area contributed by atoms with Crippen LogP contribution in [0.2, 0.25) is 0 Å². The number of carbonyl (C=O) groups is 2. The monoisotopic (exact) mass is 418 g/mol. The minimum Gasteiger partial charge on any atom is -0.462 e. The maximum absolute atomic E-state index is 12.9. The fourth-order valence-corrected chi connectivity index (χ4v) is 5.08. The zero-order chi connectivity index (χ0) is 22.1. The molecule has 0 aromatic carbocycles. The van der Waals surface area contributed by atoms with Crippen LogP contribution in [0.15, 0.2) is 23.8 Å². The van der Waals surface area contributed by atoms with E-state index in [1.165, 1.54) is 5.57 Å². The van der Waals surface area contributed by atoms with Crippen molar-refractivity contribution in [3.05, 3.63) is 23.8 Å². The predicted octanol–water partition coefficient (Wildman–Crippen LogP) is 4.59. The van der Waals surface area contributed by atoms with Crippen molar-refractivity contribution in [1.82, 2.24) is 0 Å². The molecular formula is C25H38O5. The summed E-state index contributed by atoms with van der Waals surface area (Å²) in [7, 11) is 0. The fourth-order valence-electron chi connectivity index (χ4n) is 5.08. The van der Waals surface area contributed by atoms with E-state index < -0.39 is 11.5 Å². The van der Waals surface area contributed by atoms with Crippen molar-refractivity contribution in [3.8, 4) is 0 Å². The summed E-state index contributed by atoms with van der Waals surface area (Å²) in [6, 6.07) is 0. The smallest absolute Gasteiger partial charge is 0.311 e. The first-order valence-corrected chi connectivity index (χ1v) is 11.6. The Morgan fingerprint density at radius 1 is 1.27 bits per heavy atom. The second-order valence-corrected chi connectivity index (χ2v) is 10.3. The van der Waals surface area contributed by atoms with Crippen LogP contribution in [0.25, 0.3) is 0 Å². The standard InChI is InChI=1S/C25H38O5/c1-6-25(4,5)24(28)30-21-12-15(2)11-17-8-7-16(3)20(23(17)21)10-9-19-13-18(26)14-22(27)29-19/h7-8,11,15-16,18-21,23,26H,6,9-10,12-14H2,1-5H3/t15-,16-,18+,19?,20?,21-,23-/m0/s1. The Morgan fingerprint density at radius 2 is 2.00 bits per heavy atom. The van der Waals surface area contributed by atoms with Crippen LogP contribution in [0.4, 0.5) is 0 Å². The highest BCUT2D eigenvalue weighted by Gasteiger charge is 2.43. The molecule has 30 heavy (non-hydrogen) atoms. The molecule has 0 spiro atoms. The summed E-state index contributed by atoms with van der Waals surface area (Å²) in [5.74, 6) is 0.776. The van der Waals surface area contributed by atoms with Gasteiger partial charge in [-0.05, 0) is 62.9 Å². The van der Waals surface area contributed by atoms with Gasteiger partial charge in [-0.25, -0.2) is 0 Å². The molecule has 1 N–H and O–H groups in total. The molecule has 0 aromatic heterocycles. The van der Waals surface area contributed by atoms with Gasteiger partial charge in [-0.2, -0.15) is 0 Å². The molecule has 2 aliphatic carbocycles. The maximum atomic E-state index is 12.9. The van der Waals surface area contributed by atoms with E-state index in [0.29, 0.717) is 24.2 Å². The summed E-state index contributed by atoms with van der Waals surface area (Å²) in [6.45, 7) is 10.3. The number of fused-ring (bicyclic) bond motifs is 1. The first-order valence-electron chi connectivity index (χ1n) is 11.6. The molecule has 1 aliphatic heterocycles. The highest BCUT2D eigenvalue weighted by Crippen LogP contribution is 2.45. The van der Waals surface area contributed by atoms with E-state index in [0.717, 1.165) is 25.7 Å². The van der Waals surface area contributed by atoms with Gasteiger partial charge in [-0.1, -0.05) is 39.0 Å². The van der Waals surface area contributed by atoms with Crippen LogP contribution in [0.1, 0.15) is 73.1 Å². The summed E-state index contributed by atoms with van der Waals surface area (Å²) in [6.07, 6.45) is 9.61. The predicted molar refractivity (Wildman–Crippen MR) is 115 cm³/mol. The molecule has 3 rings (SSSR count). The van der Waals surface area contributed by atoms with Crippen molar-refractivity contribution in [2.75, 3.05) is 0 Å². The lowest BCUT2D eigenvalue weighted by atomic mass is 9.65. The molecule has 5 heteroatoms. The van der Waals surface area contributed by atoms with Crippen LogP contribution >= 0.6 is 0 Å². The maximum Gasteiger partial charge on any atom is 0.311 e. The van der Waals surface area contributed by atoms with Crippen LogP contribution in [0, 0.1) is 29.1 Å². The van der Waals surface area contributed by atoms with Crippen LogP contribution in [-0.2, 0) is 19.1 Å². The van der Waals surface area contributed by atoms with Gasteiger partial charge in [0.05, 0.1) is 17.9 Å². The van der Waals surface area contributed by atoms with Gasteiger partial charge in [0.1, 0.15) is 12.2 Å². The minimum atomic E-state index is -0.601. The molecule has 3 aliphatic rings. The Balaban J connectivity index is 1.76. The SMILES string of the molecule is CCC(C)(C)C(=O)O[C@H]1C[C@@H](C)C=C2C=C[C@H](C)C(CCC3C[C@@H](O)CC(=O)O3)[C@H]21. The number of rotatable bonds is 6. The molecule has 168 valence electrons. The number of carbonyl (C=O) groups excluding carboxylic acids is 2. The van der Waals surface area contributed by atoms with Gasteiger partial charge in [0.2, 0.25) is 0 Å². The van der Waals surface area contributed by atoms with Crippen LogP contribution < -0.4 is 0 Å². The van der Waals surface area contributed by atoms with Crippen molar-refractivity contribution in [2.45, 2.75) is 91.5 Å². The van der Waals surface area contributed by atoms with E-state index >= 15 is 0 Å². The summed E-state index contributed by atoms with van der Waals surface area (Å²) in [4.78, 5) is 24.6. The highest BCUT2D eigenvalue weighted by atomic mass is 16.6. The summed E-state index contributed by atoms with van der Waals surface area (Å²) in [5.41, 5.74) is 0.785. The zero-order valence-electron chi connectivity index (χ0n) is 19.1. The Morgan fingerprint density at radius 3 is 2.67 bits per heavy atom. The summed E-state index contributed by atoms with van der Waals surface area (Å²) in [5, 5.41) is 9.92. The molecular weight excluding hydrogens is 380 g/mol. The highest BCUT2D eigenvalue weighted by molar-refractivity contribution is 5.76. The molecule has 1 saturated heterocycles. The van der Waals surface area contributed by atoms with Gasteiger partial charge >= 0.3 is 11.9 Å². The van der Waals surface area contributed by atoms with Crippen LogP contribution in [-0.4, -0.2) is 35.4 Å². The lowest BCUT2D eigenvalue weighted by Crippen LogP contribution is -2.43. The Hall–Kier alpha value is -1.62. The topological polar surface area (TPSA) is 72.8 Å². The summed E-state index contributed by atoms with van der Waals surface area (Å²) >= 11 is 0. The third-order valence-electron chi connectivity index (χ3n) is 7.35. The van der Waals surface area contributed by atoms with Gasteiger partial charge in [-0.15, -0.1) is 0 Å². The van der Waals surface area contributed by atoms with Gasteiger partial charge < -0.3 is 14.6 Å². The number of cyclic esters (lactones) is 1. The first-order chi connectivity index (χ1) is 14.1. The van der Waals surface area contributed by atoms with Crippen LogP contribution in [0.5, 0.6) is 0 Å². The van der Waals surface area contributed by atoms with E-state index in [4.69, 9.17) is 9.47 Å². The average molecular weight is 419 g/mol. The Bertz CT molecular complexity index is 706. The lowest BCUT2D eigenvalue weighted by molar-refractivity contribution is -0.166. The molecule has 0 amide bonds. The first kappa shape index (κ1) is 23.1. The molecule has 5 nitrogen and oxygen atoms in total. The van der Waals surface area contributed by atoms with Crippen molar-refractivity contribution in [1.29, 1.82) is 0 Å². The number of esters is 2. The normalized spacial score (nSPS) is 36.5. The number of aliphatic hydroxyl groups is 1. The second kappa shape index (κ2) is 9.25. The lowest BCUT2D eigenvalue weighted by Gasteiger charge is -2.44. The fraction of sp³-hybridized carbons (Fsp3) is 0.760. The quantitative estimate of drug-likeness (QED) is 0.639. The van der Waals surface area contributed by atoms with E-state index in [1.54, 1.807) is 0 Å². The van der Waals surface area contributed by atoms with Crippen molar-refractivity contribution < 1.29 is 24.2 Å². The number of ether oxygens (including phenoxy) is 2. The van der Waals surface area contributed by atoms with Gasteiger partial charge in [0.25, 0.3) is 0 Å². The third kappa shape index (κ3) is 5.16. The molecule has 7 atom stereocenters. The zero-order valence-corrected chi connectivity index (χ0v) is 19.1. The molecule has 1 heterocycles. The third-order valence-corrected chi connectivity index (χ3v) is 7.35. The van der Waals surface area contributed by atoms with Crippen LogP contribution in [0.3, 0.4) is 0 Å². The van der Waals surface area contributed by atoms with Crippen molar-refractivity contribution >= 4 is 11.9 Å². The molecule has 0 bridgehead atoms. The number of hydrogen-bond donors (Lipinski definition) is 1. The molecule has 0 saturated carbocycles. The molecule has 0 aromatic rings. The van der Waals surface area contributed by atoms with Crippen molar-refractivity contribution in [3.63, 3.8) is 0 Å². The van der Waals surface area contributed by atoms with E-state index in [2.05, 4.69) is 32.1 Å². The Kier molecular flexibility index (Phi) is 7.11. The number of aliphatic hydroxyl groups excluding tert-OH is 1. The largest absolute Gasteiger partial charge is 0.462 e. The number of allylic oxidation sites excluding steroid dienone is 3. The molecule has 1 fully saturated rings. The van der Waals surface area contributed by atoms with Gasteiger partial charge in [-0.3, -0.25) is 9.59 Å². The van der Waals surface area contributed by atoms with E-state index in [-0.39, 0.29) is 36.5 Å². The van der Waals surface area contributed by atoms with Gasteiger partial charge in [0, 0.05) is 12.3 Å². The van der Waals surface area contributed by atoms with Crippen molar-refractivity contribution in [2.24, 2.45) is 29.1 Å². The Labute approximate surface area is 180 Å². The second-order valence-electron chi connectivity index (χ2n) is 10.3. The van der Waals surface area contributed by atoms with Gasteiger partial charge in [0.15, 0.2) is 0 Å². The average Bonchev–Trinajstić information content (AvgIpc) is 2.66. The minimum absolute atomic E-state index is 0.0949. The number of hydrogen-bond acceptors (Lipinski definition) is 5. The molecule has 0 radical (unpaired) electrons. The molecule has 2 unspecified atom stereocenters. The summed E-state index contributed by atoms with van der Waals surface area (Å²) < 4.78 is 11.6.